The first-order valence-corrected chi connectivity index (χ1v) is 8.06. The first-order valence-electron chi connectivity index (χ1n) is 8.06. The number of allylic oxidation sites excluding steroid dienone is 2. The second kappa shape index (κ2) is 4.22. The molecule has 4 unspecified atom stereocenters. The van der Waals surface area contributed by atoms with Gasteiger partial charge in [0.05, 0.1) is 0 Å². The lowest BCUT2D eigenvalue weighted by molar-refractivity contribution is -0.128. The third-order valence-electron chi connectivity index (χ3n) is 6.35. The van der Waals surface area contributed by atoms with E-state index in [0.717, 1.165) is 25.7 Å². The van der Waals surface area contributed by atoms with Gasteiger partial charge in [-0.05, 0) is 72.8 Å². The van der Waals surface area contributed by atoms with Crippen LogP contribution in [0.5, 0.6) is 5.75 Å². The van der Waals surface area contributed by atoms with Gasteiger partial charge in [-0.1, -0.05) is 19.1 Å². The van der Waals surface area contributed by atoms with Crippen LogP contribution in [-0.4, -0.2) is 10.9 Å². The van der Waals surface area contributed by atoms with Crippen molar-refractivity contribution in [1.29, 1.82) is 0 Å². The molecule has 0 aromatic heterocycles. The lowest BCUT2D eigenvalue weighted by Crippen LogP contribution is -2.41. The Hall–Kier alpha value is -1.57. The van der Waals surface area contributed by atoms with Crippen LogP contribution in [0.15, 0.2) is 24.3 Å². The minimum absolute atomic E-state index is 0.0909. The number of Topliss-reactive ketones (excluding diaryl/α,β-unsaturated/α-hetero) is 1. The molecule has 0 aliphatic heterocycles. The summed E-state index contributed by atoms with van der Waals surface area (Å²) in [6.45, 7) is 4.33. The summed E-state index contributed by atoms with van der Waals surface area (Å²) in [6, 6.07) is 5.80. The van der Waals surface area contributed by atoms with E-state index in [-0.39, 0.29) is 5.41 Å². The monoisotopic (exact) mass is 282 g/mol. The fourth-order valence-corrected chi connectivity index (χ4v) is 5.15. The van der Waals surface area contributed by atoms with Gasteiger partial charge in [0.1, 0.15) is 11.5 Å². The van der Waals surface area contributed by atoms with Crippen molar-refractivity contribution in [2.24, 2.45) is 17.3 Å². The van der Waals surface area contributed by atoms with Crippen LogP contribution in [0.2, 0.25) is 0 Å². The standard InChI is InChI=1S/C19H22O2/c1-11-9-16-14(13-4-3-12(20)10-15(11)13)7-8-19(2)17(16)5-6-18(19)21/h3-4,9-10,14,16-17,20H,5-8H2,1-2H3. The summed E-state index contributed by atoms with van der Waals surface area (Å²) in [7, 11) is 0. The maximum atomic E-state index is 12.3. The largest absolute Gasteiger partial charge is 0.508 e. The quantitative estimate of drug-likeness (QED) is 0.770. The van der Waals surface area contributed by atoms with Crippen LogP contribution in [-0.2, 0) is 4.79 Å². The highest BCUT2D eigenvalue weighted by Gasteiger charge is 2.54. The molecular weight excluding hydrogens is 260 g/mol. The number of phenols is 1. The second-order valence-corrected chi connectivity index (χ2v) is 7.33. The van der Waals surface area contributed by atoms with Gasteiger partial charge in [0.25, 0.3) is 0 Å². The van der Waals surface area contributed by atoms with E-state index in [1.54, 1.807) is 0 Å². The average Bonchev–Trinajstić information content (AvgIpc) is 2.76. The van der Waals surface area contributed by atoms with E-state index in [1.165, 1.54) is 16.7 Å². The number of hydrogen-bond acceptors (Lipinski definition) is 2. The zero-order chi connectivity index (χ0) is 14.8. The number of benzene rings is 1. The Kier molecular flexibility index (Phi) is 2.64. The van der Waals surface area contributed by atoms with E-state index >= 15 is 0 Å². The van der Waals surface area contributed by atoms with E-state index in [2.05, 4.69) is 26.0 Å². The maximum Gasteiger partial charge on any atom is 0.139 e. The summed E-state index contributed by atoms with van der Waals surface area (Å²) < 4.78 is 0. The van der Waals surface area contributed by atoms with E-state index in [1.807, 2.05) is 12.1 Å². The Morgan fingerprint density at radius 3 is 2.90 bits per heavy atom. The number of rotatable bonds is 0. The fraction of sp³-hybridized carbons (Fsp3) is 0.526. The highest BCUT2D eigenvalue weighted by Crippen LogP contribution is 2.59. The first kappa shape index (κ1) is 13.1. The molecule has 1 N–H and O–H groups in total. The summed E-state index contributed by atoms with van der Waals surface area (Å²) in [6.07, 6.45) is 6.30. The van der Waals surface area contributed by atoms with Gasteiger partial charge in [0.15, 0.2) is 0 Å². The van der Waals surface area contributed by atoms with Crippen molar-refractivity contribution in [1.82, 2.24) is 0 Å². The summed E-state index contributed by atoms with van der Waals surface area (Å²) in [4.78, 5) is 12.3. The van der Waals surface area contributed by atoms with Crippen LogP contribution in [0.4, 0.5) is 0 Å². The highest BCUT2D eigenvalue weighted by molar-refractivity contribution is 5.87. The van der Waals surface area contributed by atoms with Gasteiger partial charge in [-0.3, -0.25) is 4.79 Å². The van der Waals surface area contributed by atoms with E-state index < -0.39 is 0 Å². The van der Waals surface area contributed by atoms with Gasteiger partial charge in [-0.15, -0.1) is 0 Å². The fourth-order valence-electron chi connectivity index (χ4n) is 5.15. The van der Waals surface area contributed by atoms with Crippen molar-refractivity contribution in [2.45, 2.75) is 45.4 Å². The number of carbonyl (C=O) groups is 1. The average molecular weight is 282 g/mol. The van der Waals surface area contributed by atoms with Crippen LogP contribution >= 0.6 is 0 Å². The molecule has 0 bridgehead atoms. The molecule has 2 heteroatoms. The minimum atomic E-state index is -0.0909. The summed E-state index contributed by atoms with van der Waals surface area (Å²) in [5.41, 5.74) is 3.74. The number of fused-ring (bicyclic) bond motifs is 5. The van der Waals surface area contributed by atoms with Gasteiger partial charge < -0.3 is 5.11 Å². The summed E-state index contributed by atoms with van der Waals surface area (Å²) in [5.74, 6) is 2.34. The molecule has 3 aliphatic rings. The molecule has 0 radical (unpaired) electrons. The Bertz CT molecular complexity index is 658. The molecular formula is C19H22O2. The number of ketones is 1. The second-order valence-electron chi connectivity index (χ2n) is 7.33. The van der Waals surface area contributed by atoms with Crippen molar-refractivity contribution in [3.63, 3.8) is 0 Å². The van der Waals surface area contributed by atoms with Gasteiger partial charge in [-0.2, -0.15) is 0 Å². The lowest BCUT2D eigenvalue weighted by atomic mass is 9.56. The van der Waals surface area contributed by atoms with Crippen molar-refractivity contribution in [3.05, 3.63) is 35.4 Å². The number of phenolic OH excluding ortho intramolecular Hbond substituents is 1. The van der Waals surface area contributed by atoms with E-state index in [0.29, 0.717) is 29.3 Å². The Morgan fingerprint density at radius 1 is 1.29 bits per heavy atom. The first-order chi connectivity index (χ1) is 10.0. The molecule has 21 heavy (non-hydrogen) atoms. The topological polar surface area (TPSA) is 37.3 Å². The molecule has 0 spiro atoms. The maximum absolute atomic E-state index is 12.3. The third kappa shape index (κ3) is 1.68. The molecule has 1 aromatic carbocycles. The highest BCUT2D eigenvalue weighted by atomic mass is 16.3. The smallest absolute Gasteiger partial charge is 0.139 e. The number of carbonyl (C=O) groups excluding carboxylic acids is 1. The van der Waals surface area contributed by atoms with Gasteiger partial charge in [0, 0.05) is 11.8 Å². The van der Waals surface area contributed by atoms with Crippen LogP contribution in [0, 0.1) is 17.3 Å². The molecule has 0 amide bonds. The predicted octanol–water partition coefficient (Wildman–Crippen LogP) is 4.29. The predicted molar refractivity (Wildman–Crippen MR) is 83.1 cm³/mol. The van der Waals surface area contributed by atoms with Crippen LogP contribution in [0.25, 0.3) is 5.57 Å². The molecule has 2 fully saturated rings. The molecule has 110 valence electrons. The van der Waals surface area contributed by atoms with Crippen LogP contribution in [0.1, 0.15) is 56.6 Å². The molecule has 0 heterocycles. The summed E-state index contributed by atoms with van der Waals surface area (Å²) in [5, 5.41) is 9.76. The van der Waals surface area contributed by atoms with Crippen molar-refractivity contribution in [3.8, 4) is 5.75 Å². The van der Waals surface area contributed by atoms with E-state index in [9.17, 15) is 9.90 Å². The lowest BCUT2D eigenvalue weighted by Gasteiger charge is -2.47. The molecule has 4 rings (SSSR count). The Labute approximate surface area is 125 Å². The van der Waals surface area contributed by atoms with Crippen LogP contribution in [0.3, 0.4) is 0 Å². The molecule has 3 aliphatic carbocycles. The zero-order valence-electron chi connectivity index (χ0n) is 12.7. The molecule has 4 atom stereocenters. The number of aromatic hydroxyl groups is 1. The van der Waals surface area contributed by atoms with Gasteiger partial charge >= 0.3 is 0 Å². The molecule has 2 nitrogen and oxygen atoms in total. The molecule has 1 aromatic rings. The van der Waals surface area contributed by atoms with Crippen molar-refractivity contribution in [2.75, 3.05) is 0 Å². The Morgan fingerprint density at radius 2 is 2.10 bits per heavy atom. The molecule has 0 saturated heterocycles. The third-order valence-corrected chi connectivity index (χ3v) is 6.35. The van der Waals surface area contributed by atoms with Gasteiger partial charge in [-0.25, -0.2) is 0 Å². The Balaban J connectivity index is 1.82. The van der Waals surface area contributed by atoms with Crippen LogP contribution < -0.4 is 0 Å². The van der Waals surface area contributed by atoms with Crippen molar-refractivity contribution >= 4 is 11.4 Å². The van der Waals surface area contributed by atoms with Gasteiger partial charge in [0.2, 0.25) is 0 Å². The normalized spacial score (nSPS) is 37.5. The zero-order valence-corrected chi connectivity index (χ0v) is 12.7. The SMILES string of the molecule is CC1=CC2C(CCC3(C)C(=O)CCC23)c2ccc(O)cc21. The number of hydrogen-bond donors (Lipinski definition) is 1. The van der Waals surface area contributed by atoms with Crippen molar-refractivity contribution < 1.29 is 9.90 Å². The minimum Gasteiger partial charge on any atom is -0.508 e. The molecule has 2 saturated carbocycles. The van der Waals surface area contributed by atoms with E-state index in [4.69, 9.17) is 0 Å². The summed E-state index contributed by atoms with van der Waals surface area (Å²) >= 11 is 0.